The molecular formula is C49H70F2N4O13S2. The van der Waals surface area contributed by atoms with Gasteiger partial charge in [-0.15, -0.1) is 0 Å². The topological polar surface area (TPSA) is 189 Å². The Bertz CT molecular complexity index is 2160. The second kappa shape index (κ2) is 23.8. The van der Waals surface area contributed by atoms with Crippen molar-refractivity contribution >= 4 is 46.0 Å². The average molecular weight is 1030 g/mol. The third kappa shape index (κ3) is 15.6. The van der Waals surface area contributed by atoms with Crippen LogP contribution in [0.1, 0.15) is 87.3 Å². The highest BCUT2D eigenvalue weighted by atomic mass is 32.2. The van der Waals surface area contributed by atoms with E-state index in [2.05, 4.69) is 16.3 Å². The van der Waals surface area contributed by atoms with Gasteiger partial charge in [0.2, 0.25) is 0 Å². The van der Waals surface area contributed by atoms with Gasteiger partial charge in [0.25, 0.3) is 0 Å². The van der Waals surface area contributed by atoms with E-state index < -0.39 is 77.3 Å². The summed E-state index contributed by atoms with van der Waals surface area (Å²) in [6, 6.07) is 11.1. The van der Waals surface area contributed by atoms with Gasteiger partial charge in [-0.3, -0.25) is 19.8 Å². The molecular weight excluding hydrogens is 955 g/mol. The smallest absolute Gasteiger partial charge is 0.416 e. The number of nitrogens with zero attached hydrogens (tertiary/aromatic N) is 4. The molecule has 3 fully saturated rings. The van der Waals surface area contributed by atoms with Crippen LogP contribution in [0.5, 0.6) is 0 Å². The number of ether oxygens (including phenoxy) is 9. The molecule has 2 aromatic carbocycles. The highest BCUT2D eigenvalue weighted by Gasteiger charge is 2.59. The number of aliphatic hydroxyl groups is 2. The summed E-state index contributed by atoms with van der Waals surface area (Å²) in [5.41, 5.74) is -0.575. The lowest BCUT2D eigenvalue weighted by Crippen LogP contribution is -2.58. The van der Waals surface area contributed by atoms with Crippen LogP contribution in [-0.4, -0.2) is 153 Å². The largest absolute Gasteiger partial charge is 0.502 e. The molecule has 12 atom stereocenters. The van der Waals surface area contributed by atoms with E-state index in [1.807, 2.05) is 41.5 Å². The highest BCUT2D eigenvalue weighted by Crippen LogP contribution is 2.46. The molecule has 0 saturated carbocycles. The predicted octanol–water partition coefficient (Wildman–Crippen LogP) is 8.00. The van der Waals surface area contributed by atoms with Crippen molar-refractivity contribution in [2.75, 3.05) is 21.2 Å². The molecule has 70 heavy (non-hydrogen) atoms. The third-order valence-electron chi connectivity index (χ3n) is 11.0. The van der Waals surface area contributed by atoms with Gasteiger partial charge in [0.05, 0.1) is 38.3 Å². The molecule has 0 aromatic heterocycles. The van der Waals surface area contributed by atoms with Crippen LogP contribution in [0, 0.1) is 11.6 Å². The molecule has 21 heteroatoms. The zero-order chi connectivity index (χ0) is 52.0. The number of methoxy groups -OCH3 is 1. The first-order valence-electron chi connectivity index (χ1n) is 22.9. The first kappa shape index (κ1) is 57.0. The summed E-state index contributed by atoms with van der Waals surface area (Å²) in [5.74, 6) is -0.666. The fourth-order valence-corrected chi connectivity index (χ4v) is 9.72. The number of fused-ring (bicyclic) bond motifs is 4. The molecule has 17 nitrogen and oxygen atoms in total. The van der Waals surface area contributed by atoms with Gasteiger partial charge in [-0.2, -0.15) is 0 Å². The lowest BCUT2D eigenvalue weighted by molar-refractivity contribution is -0.193. The summed E-state index contributed by atoms with van der Waals surface area (Å²) in [7, 11) is 4.77. The Morgan fingerprint density at radius 1 is 0.729 bits per heavy atom. The lowest BCUT2D eigenvalue weighted by Gasteiger charge is -2.40. The van der Waals surface area contributed by atoms with Crippen molar-refractivity contribution in [2.24, 2.45) is 9.98 Å². The van der Waals surface area contributed by atoms with Crippen molar-refractivity contribution in [2.45, 2.75) is 178 Å². The second-order valence-corrected chi connectivity index (χ2v) is 21.9. The zero-order valence-corrected chi connectivity index (χ0v) is 44.0. The predicted molar refractivity (Wildman–Crippen MR) is 262 cm³/mol. The number of benzene rings is 2. The molecule has 0 aliphatic carbocycles. The molecule has 390 valence electrons. The molecule has 2 N–H and O–H groups in total. The quantitative estimate of drug-likeness (QED) is 0.230. The summed E-state index contributed by atoms with van der Waals surface area (Å²) in [6.07, 6.45) is -6.30. The Kier molecular flexibility index (Phi) is 19.4. The molecule has 5 aliphatic heterocycles. The van der Waals surface area contributed by atoms with Crippen LogP contribution < -0.4 is 0 Å². The van der Waals surface area contributed by atoms with Crippen LogP contribution >= 0.6 is 23.5 Å². The van der Waals surface area contributed by atoms with E-state index in [1.54, 1.807) is 73.0 Å². The molecule has 0 bridgehead atoms. The van der Waals surface area contributed by atoms with Gasteiger partial charge >= 0.3 is 12.2 Å². The third-order valence-corrected chi connectivity index (χ3v) is 13.4. The van der Waals surface area contributed by atoms with E-state index in [1.165, 1.54) is 64.6 Å². The maximum Gasteiger partial charge on any atom is 0.416 e. The number of amidine groups is 2. The maximum atomic E-state index is 13.2. The summed E-state index contributed by atoms with van der Waals surface area (Å²) in [5, 5.41) is 22.1. The Morgan fingerprint density at radius 3 is 1.54 bits per heavy atom. The van der Waals surface area contributed by atoms with Gasteiger partial charge < -0.3 is 52.8 Å². The molecule has 7 rings (SSSR count). The SMILES string of the molecule is C=C(C)OC.C[C@H](OCc1ccc(F)cc1)[C@H]1O[C@@H]2SC(N(C)C(=O)OC(C)(C)C)=N[C@@H]2[C@@H](O)[C@@H]1O.C[C@H](OCc1ccc(F)cc1)[C@H]1O[C@@H]2SC(N(C)C(=O)OC(C)(C)C)=N[C@@H]2[C@H]2OC(C)(C)O[C@@H]21. The summed E-state index contributed by atoms with van der Waals surface area (Å²) in [4.78, 5) is 36.7. The normalized spacial score (nSPS) is 28.4. The first-order valence-corrected chi connectivity index (χ1v) is 24.7. The van der Waals surface area contributed by atoms with Crippen molar-refractivity contribution in [3.05, 3.63) is 83.6 Å². The number of rotatable bonds is 9. The van der Waals surface area contributed by atoms with Gasteiger partial charge in [0.15, 0.2) is 16.1 Å². The average Bonchev–Trinajstić information content (AvgIpc) is 4.00. The molecule has 0 spiro atoms. The van der Waals surface area contributed by atoms with Crippen molar-refractivity contribution in [1.82, 2.24) is 9.80 Å². The molecule has 2 aromatic rings. The van der Waals surface area contributed by atoms with Crippen molar-refractivity contribution in [1.29, 1.82) is 0 Å². The number of thioether (sulfide) groups is 2. The first-order chi connectivity index (χ1) is 32.6. The number of allylic oxidation sites excluding steroid dienone is 1. The van der Waals surface area contributed by atoms with E-state index in [9.17, 15) is 28.6 Å². The lowest BCUT2D eigenvalue weighted by atomic mass is 9.95. The van der Waals surface area contributed by atoms with Crippen LogP contribution in [0.3, 0.4) is 0 Å². The monoisotopic (exact) mass is 1020 g/mol. The van der Waals surface area contributed by atoms with Crippen LogP contribution in [-0.2, 0) is 55.8 Å². The number of hydrogen-bond donors (Lipinski definition) is 2. The van der Waals surface area contributed by atoms with E-state index in [4.69, 9.17) is 42.9 Å². The number of aliphatic hydroxyl groups excluding tert-OH is 2. The Labute approximate surface area is 418 Å². The standard InChI is InChI=1S/C24H33FN2O6S.C21H29FN2O6S.C4H8O/c1-13(29-12-14-8-10-15(25)11-9-14)17-19-18(31-24(5,6)32-19)16-20(30-17)34-21(26-16)27(7)22(28)33-23(2,3)4;1-11(28-10-12-6-8-13(22)9-7-12)17-16(26)15(25)14-18(29-17)31-19(23-14)24(5)20(27)30-21(2,3)4;1-4(2)5-3/h8-11,13,16-20H,12H2,1-7H3;6-9,11,14-18,25-26H,10H2,1-5H3;1H2,2-3H3/t13-,16+,17+,18+,19+,20+;11-,14+,15+,16-,17+,18+;/m00./s1. The van der Waals surface area contributed by atoms with Gasteiger partial charge in [-0.1, -0.05) is 54.4 Å². The molecule has 5 aliphatic rings. The Morgan fingerprint density at radius 2 is 1.11 bits per heavy atom. The highest BCUT2D eigenvalue weighted by molar-refractivity contribution is 8.14. The van der Waals surface area contributed by atoms with E-state index >= 15 is 0 Å². The molecule has 2 amide bonds. The van der Waals surface area contributed by atoms with Gasteiger partial charge in [0, 0.05) is 14.1 Å². The number of aliphatic imine (C=N–C) groups is 2. The second-order valence-electron chi connectivity index (χ2n) is 19.8. The van der Waals surface area contributed by atoms with Gasteiger partial charge in [-0.05, 0) is 112 Å². The minimum absolute atomic E-state index is 0.203. The fourth-order valence-electron chi connectivity index (χ4n) is 7.39. The molecule has 5 heterocycles. The van der Waals surface area contributed by atoms with E-state index in [0.29, 0.717) is 16.9 Å². The fraction of sp³-hybridized carbons (Fsp3) is 0.633. The number of carbonyl (C=O) groups excluding carboxylic acids is 2. The van der Waals surface area contributed by atoms with Crippen LogP contribution in [0.15, 0.2) is 70.9 Å². The maximum absolute atomic E-state index is 13.2. The van der Waals surface area contributed by atoms with Crippen molar-refractivity contribution in [3.8, 4) is 0 Å². The van der Waals surface area contributed by atoms with Crippen molar-refractivity contribution < 1.29 is 71.2 Å². The van der Waals surface area contributed by atoms with Crippen LogP contribution in [0.2, 0.25) is 0 Å². The number of carbonyl (C=O) groups is 2. The molecule has 0 unspecified atom stereocenters. The minimum atomic E-state index is -1.22. The summed E-state index contributed by atoms with van der Waals surface area (Å²) >= 11 is 2.55. The van der Waals surface area contributed by atoms with Crippen molar-refractivity contribution in [3.63, 3.8) is 0 Å². The summed E-state index contributed by atoms with van der Waals surface area (Å²) in [6.45, 7) is 23.9. The Hall–Kier alpha value is -3.90. The number of hydrogen-bond acceptors (Lipinski definition) is 17. The number of amides is 2. The number of halogens is 2. The summed E-state index contributed by atoms with van der Waals surface area (Å²) < 4.78 is 78.4. The zero-order valence-electron chi connectivity index (χ0n) is 42.4. The van der Waals surface area contributed by atoms with Gasteiger partial charge in [-0.25, -0.2) is 18.4 Å². The van der Waals surface area contributed by atoms with Gasteiger partial charge in [0.1, 0.15) is 82.4 Å². The van der Waals surface area contributed by atoms with Crippen LogP contribution in [0.25, 0.3) is 0 Å². The minimum Gasteiger partial charge on any atom is -0.502 e. The van der Waals surface area contributed by atoms with E-state index in [-0.39, 0.29) is 41.9 Å². The van der Waals surface area contributed by atoms with E-state index in [0.717, 1.165) is 16.9 Å². The van der Waals surface area contributed by atoms with Crippen LogP contribution in [0.4, 0.5) is 18.4 Å². The Balaban J connectivity index is 0.000000239. The molecule has 3 saturated heterocycles. The molecule has 0 radical (unpaired) electrons.